The first-order valence-corrected chi connectivity index (χ1v) is 7.27. The first-order valence-electron chi connectivity index (χ1n) is 7.27. The Morgan fingerprint density at radius 3 is 2.82 bits per heavy atom. The second kappa shape index (κ2) is 7.46. The molecule has 0 spiro atoms. The second-order valence-electron chi connectivity index (χ2n) is 5.12. The zero-order valence-corrected chi connectivity index (χ0v) is 12.4. The number of amides is 1. The van der Waals surface area contributed by atoms with Gasteiger partial charge in [-0.3, -0.25) is 4.79 Å². The molecule has 0 aliphatic carbocycles. The molecule has 0 atom stereocenters. The van der Waals surface area contributed by atoms with E-state index in [9.17, 15) is 4.79 Å². The van der Waals surface area contributed by atoms with E-state index in [1.807, 2.05) is 12.1 Å². The third-order valence-corrected chi connectivity index (χ3v) is 3.41. The number of nitrogen functional groups attached to an aromatic ring is 1. The Kier molecular flexibility index (Phi) is 5.37. The van der Waals surface area contributed by atoms with Crippen LogP contribution in [0.25, 0.3) is 0 Å². The molecule has 0 aromatic heterocycles. The Labute approximate surface area is 130 Å². The minimum atomic E-state index is -0.404. The lowest BCUT2D eigenvalue weighted by atomic mass is 10.0. The lowest BCUT2D eigenvalue weighted by Gasteiger charge is -2.11. The number of hydrogen-bond acceptors (Lipinski definition) is 5. The van der Waals surface area contributed by atoms with Gasteiger partial charge in [-0.25, -0.2) is 0 Å². The van der Waals surface area contributed by atoms with Gasteiger partial charge in [-0.2, -0.15) is 10.2 Å². The average molecular weight is 300 g/mol. The molecular formula is C16H20N4O2. The summed E-state index contributed by atoms with van der Waals surface area (Å²) < 4.78 is 5.50. The van der Waals surface area contributed by atoms with E-state index in [0.717, 1.165) is 0 Å². The zero-order chi connectivity index (χ0) is 15.8. The molecule has 1 aliphatic rings. The normalized spacial score (nSPS) is 14.1. The van der Waals surface area contributed by atoms with Gasteiger partial charge in [-0.15, -0.1) is 12.3 Å². The molecule has 2 rings (SSSR count). The summed E-state index contributed by atoms with van der Waals surface area (Å²) in [4.78, 5) is 11.8. The van der Waals surface area contributed by atoms with Crippen LogP contribution in [0.2, 0.25) is 0 Å². The standard InChI is InChI=1S/C16H20N4O2/c1-2-3-9-16(19-20-16)10-8-15(21)18-11-12-22-14-7-5-4-6-13(14)17/h1,4-7H,3,8-12,17H2,(H,18,21). The van der Waals surface area contributed by atoms with Crippen LogP contribution in [0.1, 0.15) is 25.7 Å². The topological polar surface area (TPSA) is 89.1 Å². The van der Waals surface area contributed by atoms with Gasteiger partial charge in [0.25, 0.3) is 0 Å². The maximum atomic E-state index is 11.8. The van der Waals surface area contributed by atoms with Crippen molar-refractivity contribution in [3.63, 3.8) is 0 Å². The highest BCUT2D eigenvalue weighted by Crippen LogP contribution is 2.37. The molecule has 0 fully saturated rings. The van der Waals surface area contributed by atoms with Crippen LogP contribution in [0.4, 0.5) is 5.69 Å². The summed E-state index contributed by atoms with van der Waals surface area (Å²) in [7, 11) is 0. The molecule has 0 unspecified atom stereocenters. The first kappa shape index (κ1) is 15.8. The highest BCUT2D eigenvalue weighted by atomic mass is 16.5. The van der Waals surface area contributed by atoms with Crippen LogP contribution in [0.5, 0.6) is 5.75 Å². The van der Waals surface area contributed by atoms with E-state index in [-0.39, 0.29) is 5.91 Å². The van der Waals surface area contributed by atoms with Crippen LogP contribution in [0.15, 0.2) is 34.5 Å². The van der Waals surface area contributed by atoms with Crippen molar-refractivity contribution in [3.8, 4) is 18.1 Å². The fraction of sp³-hybridized carbons (Fsp3) is 0.438. The first-order chi connectivity index (χ1) is 10.7. The van der Waals surface area contributed by atoms with E-state index >= 15 is 0 Å². The van der Waals surface area contributed by atoms with Gasteiger partial charge in [-0.1, -0.05) is 12.1 Å². The van der Waals surface area contributed by atoms with Crippen molar-refractivity contribution in [1.82, 2.24) is 5.32 Å². The minimum absolute atomic E-state index is 0.0398. The van der Waals surface area contributed by atoms with E-state index in [4.69, 9.17) is 16.9 Å². The smallest absolute Gasteiger partial charge is 0.220 e. The van der Waals surface area contributed by atoms with E-state index in [1.54, 1.807) is 12.1 Å². The van der Waals surface area contributed by atoms with Crippen LogP contribution in [-0.2, 0) is 4.79 Å². The molecule has 1 aliphatic heterocycles. The quantitative estimate of drug-likeness (QED) is 0.416. The van der Waals surface area contributed by atoms with Crippen molar-refractivity contribution in [2.75, 3.05) is 18.9 Å². The van der Waals surface area contributed by atoms with Gasteiger partial charge in [0.2, 0.25) is 5.91 Å². The van der Waals surface area contributed by atoms with Gasteiger partial charge in [0, 0.05) is 25.7 Å². The predicted molar refractivity (Wildman–Crippen MR) is 84.2 cm³/mol. The van der Waals surface area contributed by atoms with E-state index in [0.29, 0.717) is 50.3 Å². The van der Waals surface area contributed by atoms with Crippen molar-refractivity contribution in [2.45, 2.75) is 31.3 Å². The molecule has 22 heavy (non-hydrogen) atoms. The molecule has 1 heterocycles. The number of rotatable bonds is 9. The number of benzene rings is 1. The number of nitrogens with zero attached hydrogens (tertiary/aromatic N) is 2. The Balaban J connectivity index is 1.59. The average Bonchev–Trinajstić information content (AvgIpc) is 3.30. The summed E-state index contributed by atoms with van der Waals surface area (Å²) in [5, 5.41) is 10.8. The van der Waals surface area contributed by atoms with Crippen molar-refractivity contribution in [1.29, 1.82) is 0 Å². The number of hydrogen-bond donors (Lipinski definition) is 2. The van der Waals surface area contributed by atoms with Gasteiger partial charge >= 0.3 is 0 Å². The fourth-order valence-electron chi connectivity index (χ4n) is 2.03. The fourth-order valence-corrected chi connectivity index (χ4v) is 2.03. The molecule has 0 radical (unpaired) electrons. The number of para-hydroxylation sites is 2. The molecular weight excluding hydrogens is 280 g/mol. The Morgan fingerprint density at radius 1 is 1.36 bits per heavy atom. The summed E-state index contributed by atoms with van der Waals surface area (Å²) in [6.45, 7) is 0.801. The van der Waals surface area contributed by atoms with E-state index in [1.165, 1.54) is 0 Å². The molecule has 116 valence electrons. The molecule has 0 bridgehead atoms. The monoisotopic (exact) mass is 300 g/mol. The highest BCUT2D eigenvalue weighted by molar-refractivity contribution is 5.76. The predicted octanol–water partition coefficient (Wildman–Crippen LogP) is 2.12. The molecule has 1 aromatic rings. The van der Waals surface area contributed by atoms with Crippen molar-refractivity contribution >= 4 is 11.6 Å². The van der Waals surface area contributed by atoms with Crippen molar-refractivity contribution in [2.24, 2.45) is 10.2 Å². The maximum Gasteiger partial charge on any atom is 0.220 e. The molecule has 1 amide bonds. The zero-order valence-electron chi connectivity index (χ0n) is 12.4. The van der Waals surface area contributed by atoms with Gasteiger partial charge in [0.1, 0.15) is 12.4 Å². The molecule has 3 N–H and O–H groups in total. The molecule has 6 heteroatoms. The second-order valence-corrected chi connectivity index (χ2v) is 5.12. The van der Waals surface area contributed by atoms with Crippen molar-refractivity contribution in [3.05, 3.63) is 24.3 Å². The van der Waals surface area contributed by atoms with E-state index in [2.05, 4.69) is 21.5 Å². The van der Waals surface area contributed by atoms with Gasteiger partial charge < -0.3 is 15.8 Å². The van der Waals surface area contributed by atoms with Crippen LogP contribution < -0.4 is 15.8 Å². The lowest BCUT2D eigenvalue weighted by Crippen LogP contribution is -2.29. The lowest BCUT2D eigenvalue weighted by molar-refractivity contribution is -0.121. The largest absolute Gasteiger partial charge is 0.490 e. The summed E-state index contributed by atoms with van der Waals surface area (Å²) in [5.41, 5.74) is 5.94. The van der Waals surface area contributed by atoms with Gasteiger partial charge in [0.15, 0.2) is 5.66 Å². The number of carbonyl (C=O) groups excluding carboxylic acids is 1. The maximum absolute atomic E-state index is 11.8. The summed E-state index contributed by atoms with van der Waals surface area (Å²) in [6.07, 6.45) is 7.55. The summed E-state index contributed by atoms with van der Waals surface area (Å²) in [6, 6.07) is 7.26. The molecule has 6 nitrogen and oxygen atoms in total. The Hall–Kier alpha value is -2.55. The number of terminal acetylenes is 1. The number of anilines is 1. The van der Waals surface area contributed by atoms with Gasteiger partial charge in [0.05, 0.1) is 12.2 Å². The molecule has 0 saturated carbocycles. The Bertz CT molecular complexity index is 586. The number of nitrogens with one attached hydrogen (secondary N) is 1. The SMILES string of the molecule is C#CCCC1(CCC(=O)NCCOc2ccccc2N)N=N1. The van der Waals surface area contributed by atoms with Crippen LogP contribution >= 0.6 is 0 Å². The number of nitrogens with two attached hydrogens (primary N) is 1. The summed E-state index contributed by atoms with van der Waals surface area (Å²) in [5.74, 6) is 3.15. The van der Waals surface area contributed by atoms with Crippen LogP contribution in [0.3, 0.4) is 0 Å². The van der Waals surface area contributed by atoms with Crippen LogP contribution in [-0.4, -0.2) is 24.7 Å². The summed E-state index contributed by atoms with van der Waals surface area (Å²) >= 11 is 0. The highest BCUT2D eigenvalue weighted by Gasteiger charge is 2.39. The Morgan fingerprint density at radius 2 is 2.14 bits per heavy atom. The number of carbonyl (C=O) groups is 1. The third kappa shape index (κ3) is 4.77. The van der Waals surface area contributed by atoms with Gasteiger partial charge in [-0.05, 0) is 12.1 Å². The van der Waals surface area contributed by atoms with E-state index < -0.39 is 5.66 Å². The minimum Gasteiger partial charge on any atom is -0.490 e. The van der Waals surface area contributed by atoms with Crippen molar-refractivity contribution < 1.29 is 9.53 Å². The van der Waals surface area contributed by atoms with Crippen LogP contribution in [0, 0.1) is 12.3 Å². The molecule has 1 aromatic carbocycles. The third-order valence-electron chi connectivity index (χ3n) is 3.41. The molecule has 0 saturated heterocycles. The number of ether oxygens (including phenoxy) is 1.